The van der Waals surface area contributed by atoms with Gasteiger partial charge in [0.25, 0.3) is 0 Å². The Labute approximate surface area is 110 Å². The Hall–Kier alpha value is -0.870. The average molecular weight is 250 g/mol. The summed E-state index contributed by atoms with van der Waals surface area (Å²) in [6, 6.07) is 3.47. The highest BCUT2D eigenvalue weighted by molar-refractivity contribution is 5.00. The Morgan fingerprint density at radius 3 is 3.06 bits per heavy atom. The van der Waals surface area contributed by atoms with Crippen LogP contribution in [0.25, 0.3) is 0 Å². The summed E-state index contributed by atoms with van der Waals surface area (Å²) in [6.45, 7) is 7.68. The number of aromatic nitrogens is 2. The molecule has 2 heterocycles. The van der Waals surface area contributed by atoms with Gasteiger partial charge in [-0.3, -0.25) is 4.68 Å². The third kappa shape index (κ3) is 3.33. The van der Waals surface area contributed by atoms with Crippen molar-refractivity contribution < 1.29 is 0 Å². The summed E-state index contributed by atoms with van der Waals surface area (Å²) in [4.78, 5) is 2.44. The van der Waals surface area contributed by atoms with Gasteiger partial charge in [-0.1, -0.05) is 6.92 Å². The van der Waals surface area contributed by atoms with Gasteiger partial charge in [-0.2, -0.15) is 5.10 Å². The van der Waals surface area contributed by atoms with E-state index in [1.54, 1.807) is 0 Å². The smallest absolute Gasteiger partial charge is 0.0522 e. The fourth-order valence-corrected chi connectivity index (χ4v) is 2.65. The van der Waals surface area contributed by atoms with E-state index in [1.165, 1.54) is 25.1 Å². The van der Waals surface area contributed by atoms with E-state index in [1.807, 2.05) is 6.20 Å². The van der Waals surface area contributed by atoms with E-state index in [0.29, 0.717) is 12.1 Å². The van der Waals surface area contributed by atoms with E-state index in [9.17, 15) is 0 Å². The van der Waals surface area contributed by atoms with Gasteiger partial charge in [0.2, 0.25) is 0 Å². The molecule has 0 spiro atoms. The molecule has 1 aromatic heterocycles. The van der Waals surface area contributed by atoms with Crippen LogP contribution in [0.1, 0.15) is 38.8 Å². The second kappa shape index (κ2) is 6.34. The molecule has 0 bridgehead atoms. The van der Waals surface area contributed by atoms with Gasteiger partial charge >= 0.3 is 0 Å². The van der Waals surface area contributed by atoms with Crippen LogP contribution in [-0.4, -0.2) is 40.4 Å². The summed E-state index contributed by atoms with van der Waals surface area (Å²) in [6.07, 6.45) is 5.55. The lowest BCUT2D eigenvalue weighted by Crippen LogP contribution is -2.45. The van der Waals surface area contributed by atoms with Crippen molar-refractivity contribution in [2.75, 3.05) is 13.6 Å². The molecule has 1 aliphatic heterocycles. The molecule has 0 aromatic carbocycles. The SMILES string of the molecule is CCCn1nccc1CNC1CCN(C)C(C)C1. The van der Waals surface area contributed by atoms with E-state index >= 15 is 0 Å². The quantitative estimate of drug-likeness (QED) is 0.866. The van der Waals surface area contributed by atoms with E-state index in [-0.39, 0.29) is 0 Å². The predicted octanol–water partition coefficient (Wildman–Crippen LogP) is 1.87. The fraction of sp³-hybridized carbons (Fsp3) is 0.786. The maximum absolute atomic E-state index is 4.37. The van der Waals surface area contributed by atoms with Gasteiger partial charge in [-0.15, -0.1) is 0 Å². The van der Waals surface area contributed by atoms with Crippen molar-refractivity contribution in [3.05, 3.63) is 18.0 Å². The molecule has 2 atom stereocenters. The zero-order valence-corrected chi connectivity index (χ0v) is 11.9. The summed E-state index contributed by atoms with van der Waals surface area (Å²) in [7, 11) is 2.22. The monoisotopic (exact) mass is 250 g/mol. The second-order valence-electron chi connectivity index (χ2n) is 5.48. The Balaban J connectivity index is 1.82. The number of hydrogen-bond acceptors (Lipinski definition) is 3. The number of nitrogens with one attached hydrogen (secondary N) is 1. The van der Waals surface area contributed by atoms with Gasteiger partial charge < -0.3 is 10.2 Å². The van der Waals surface area contributed by atoms with Crippen LogP contribution in [0.4, 0.5) is 0 Å². The molecule has 4 nitrogen and oxygen atoms in total. The fourth-order valence-electron chi connectivity index (χ4n) is 2.65. The zero-order valence-electron chi connectivity index (χ0n) is 11.9. The van der Waals surface area contributed by atoms with E-state index in [0.717, 1.165) is 19.5 Å². The third-order valence-electron chi connectivity index (χ3n) is 4.02. The number of rotatable bonds is 5. The van der Waals surface area contributed by atoms with Gasteiger partial charge in [0.05, 0.1) is 5.69 Å². The van der Waals surface area contributed by atoms with Gasteiger partial charge in [0.15, 0.2) is 0 Å². The molecule has 1 saturated heterocycles. The molecular formula is C14H26N4. The van der Waals surface area contributed by atoms with E-state index in [2.05, 4.69) is 47.0 Å². The van der Waals surface area contributed by atoms with Crippen molar-refractivity contribution in [3.63, 3.8) is 0 Å². The molecule has 18 heavy (non-hydrogen) atoms. The molecule has 1 aliphatic rings. The van der Waals surface area contributed by atoms with Crippen LogP contribution < -0.4 is 5.32 Å². The first-order valence-corrected chi connectivity index (χ1v) is 7.15. The highest BCUT2D eigenvalue weighted by Gasteiger charge is 2.22. The number of piperidine rings is 1. The second-order valence-corrected chi connectivity index (χ2v) is 5.48. The summed E-state index contributed by atoms with van der Waals surface area (Å²) in [5.41, 5.74) is 1.31. The van der Waals surface area contributed by atoms with Crippen molar-refractivity contribution in [1.29, 1.82) is 0 Å². The molecule has 0 amide bonds. The van der Waals surface area contributed by atoms with E-state index in [4.69, 9.17) is 0 Å². The van der Waals surface area contributed by atoms with Gasteiger partial charge in [0.1, 0.15) is 0 Å². The molecule has 2 unspecified atom stereocenters. The maximum atomic E-state index is 4.37. The minimum Gasteiger partial charge on any atom is -0.308 e. The molecular weight excluding hydrogens is 224 g/mol. The molecule has 1 N–H and O–H groups in total. The lowest BCUT2D eigenvalue weighted by Gasteiger charge is -2.35. The first kappa shape index (κ1) is 13.6. The minimum absolute atomic E-state index is 0.654. The van der Waals surface area contributed by atoms with Crippen molar-refractivity contribution in [3.8, 4) is 0 Å². The van der Waals surface area contributed by atoms with Crippen molar-refractivity contribution >= 4 is 0 Å². The van der Waals surface area contributed by atoms with Gasteiger partial charge in [-0.25, -0.2) is 0 Å². The minimum atomic E-state index is 0.654. The zero-order chi connectivity index (χ0) is 13.0. The highest BCUT2D eigenvalue weighted by atomic mass is 15.3. The molecule has 1 aromatic rings. The molecule has 0 saturated carbocycles. The number of hydrogen-bond donors (Lipinski definition) is 1. The molecule has 102 valence electrons. The van der Waals surface area contributed by atoms with Crippen LogP contribution in [0, 0.1) is 0 Å². The van der Waals surface area contributed by atoms with Crippen LogP contribution in [0.5, 0.6) is 0 Å². The molecule has 4 heteroatoms. The lowest BCUT2D eigenvalue weighted by molar-refractivity contribution is 0.167. The van der Waals surface area contributed by atoms with Crippen LogP contribution in [-0.2, 0) is 13.1 Å². The Morgan fingerprint density at radius 2 is 2.33 bits per heavy atom. The van der Waals surface area contributed by atoms with Crippen LogP contribution in [0.15, 0.2) is 12.3 Å². The average Bonchev–Trinajstić information content (AvgIpc) is 2.79. The predicted molar refractivity (Wildman–Crippen MR) is 74.5 cm³/mol. The van der Waals surface area contributed by atoms with Gasteiger partial charge in [0, 0.05) is 31.4 Å². The number of aryl methyl sites for hydroxylation is 1. The topological polar surface area (TPSA) is 33.1 Å². The Bertz CT molecular complexity index is 360. The third-order valence-corrected chi connectivity index (χ3v) is 4.02. The highest BCUT2D eigenvalue weighted by Crippen LogP contribution is 2.15. The first-order valence-electron chi connectivity index (χ1n) is 7.15. The van der Waals surface area contributed by atoms with E-state index < -0.39 is 0 Å². The Kier molecular flexibility index (Phi) is 4.78. The van der Waals surface area contributed by atoms with Crippen LogP contribution >= 0.6 is 0 Å². The maximum Gasteiger partial charge on any atom is 0.0522 e. The summed E-state index contributed by atoms with van der Waals surface area (Å²) in [5.74, 6) is 0. The van der Waals surface area contributed by atoms with Crippen molar-refractivity contribution in [2.24, 2.45) is 0 Å². The van der Waals surface area contributed by atoms with Crippen LogP contribution in [0.2, 0.25) is 0 Å². The standard InChI is InChI=1S/C14H26N4/c1-4-8-18-14(5-7-16-18)11-15-13-6-9-17(3)12(2)10-13/h5,7,12-13,15H,4,6,8-11H2,1-3H3. The molecule has 1 fully saturated rings. The normalized spacial score (nSPS) is 25.5. The molecule has 0 radical (unpaired) electrons. The first-order chi connectivity index (χ1) is 8.70. The molecule has 0 aliphatic carbocycles. The van der Waals surface area contributed by atoms with Gasteiger partial charge in [-0.05, 0) is 45.8 Å². The summed E-state index contributed by atoms with van der Waals surface area (Å²) < 4.78 is 2.12. The largest absolute Gasteiger partial charge is 0.308 e. The van der Waals surface area contributed by atoms with Crippen LogP contribution in [0.3, 0.4) is 0 Å². The Morgan fingerprint density at radius 1 is 1.50 bits per heavy atom. The summed E-state index contributed by atoms with van der Waals surface area (Å²) in [5, 5.41) is 8.05. The van der Waals surface area contributed by atoms with Crippen molar-refractivity contribution in [2.45, 2.75) is 58.3 Å². The lowest BCUT2D eigenvalue weighted by atomic mass is 9.99. The number of nitrogens with zero attached hydrogens (tertiary/aromatic N) is 3. The number of likely N-dealkylation sites (tertiary alicyclic amines) is 1. The van der Waals surface area contributed by atoms with Crippen molar-refractivity contribution in [1.82, 2.24) is 20.0 Å². The molecule has 2 rings (SSSR count). The summed E-state index contributed by atoms with van der Waals surface area (Å²) >= 11 is 0.